The zero-order valence-corrected chi connectivity index (χ0v) is 21.7. The summed E-state index contributed by atoms with van der Waals surface area (Å²) in [5.41, 5.74) is 5.99. The molecule has 10 nitrogen and oxygen atoms in total. The predicted molar refractivity (Wildman–Crippen MR) is 143 cm³/mol. The van der Waals surface area contributed by atoms with E-state index in [1.165, 1.54) is 10.6 Å². The molecule has 0 saturated carbocycles. The van der Waals surface area contributed by atoms with Gasteiger partial charge in [0.1, 0.15) is 0 Å². The molecule has 190 valence electrons. The van der Waals surface area contributed by atoms with Gasteiger partial charge in [0.2, 0.25) is 10.0 Å². The Labute approximate surface area is 213 Å². The lowest BCUT2D eigenvalue weighted by molar-refractivity contribution is 0.274. The van der Waals surface area contributed by atoms with Crippen LogP contribution in [0.2, 0.25) is 0 Å². The number of fused-ring (bicyclic) bond motifs is 3. The molecule has 1 aromatic carbocycles. The molecule has 5 aromatic rings. The van der Waals surface area contributed by atoms with Gasteiger partial charge in [0.25, 0.3) is 0 Å². The Hall–Kier alpha value is -3.83. The summed E-state index contributed by atoms with van der Waals surface area (Å²) in [6, 6.07) is 9.95. The molecular weight excluding hydrogens is 490 g/mol. The SMILES string of the molecule is Cn1cc(-c2ccc(-c3ccc4ncc5c(c4c3)n(C3CCN(S(C)(=O)=O)CC3)c(=O)n5C)cn2)cn1. The number of aryl methyl sites for hydroxylation is 2. The van der Waals surface area contributed by atoms with Gasteiger partial charge >= 0.3 is 5.69 Å². The van der Waals surface area contributed by atoms with Gasteiger partial charge in [-0.3, -0.25) is 23.8 Å². The van der Waals surface area contributed by atoms with Gasteiger partial charge in [-0.1, -0.05) is 12.1 Å². The third-order valence-corrected chi connectivity index (χ3v) is 8.57. The molecule has 4 aromatic heterocycles. The maximum atomic E-state index is 13.4. The average Bonchev–Trinajstić information content (AvgIpc) is 3.44. The standard InChI is InChI=1S/C26H27N7O3S/c1-30-16-19(14-29-30)22-6-5-18(13-27-22)17-4-7-23-21(12-17)25-24(15-28-23)31(2)26(34)33(25)20-8-10-32(11-9-20)37(3,35)36/h4-7,12-16,20H,8-11H2,1-3H3. The maximum Gasteiger partial charge on any atom is 0.329 e. The van der Waals surface area contributed by atoms with E-state index in [1.807, 2.05) is 48.3 Å². The van der Waals surface area contributed by atoms with E-state index in [9.17, 15) is 13.2 Å². The summed E-state index contributed by atoms with van der Waals surface area (Å²) in [5, 5.41) is 5.10. The van der Waals surface area contributed by atoms with Crippen molar-refractivity contribution in [3.8, 4) is 22.4 Å². The van der Waals surface area contributed by atoms with Crippen LogP contribution >= 0.6 is 0 Å². The first kappa shape index (κ1) is 23.6. The summed E-state index contributed by atoms with van der Waals surface area (Å²) >= 11 is 0. The second-order valence-corrected chi connectivity index (χ2v) is 11.6. The summed E-state index contributed by atoms with van der Waals surface area (Å²) < 4.78 is 30.7. The van der Waals surface area contributed by atoms with Crippen LogP contribution in [0.4, 0.5) is 0 Å². The van der Waals surface area contributed by atoms with Gasteiger partial charge in [-0.25, -0.2) is 17.5 Å². The number of sulfonamides is 1. The van der Waals surface area contributed by atoms with Crippen molar-refractivity contribution in [2.24, 2.45) is 14.1 Å². The monoisotopic (exact) mass is 517 g/mol. The third kappa shape index (κ3) is 4.04. The Balaban J connectivity index is 1.44. The zero-order valence-electron chi connectivity index (χ0n) is 20.9. The summed E-state index contributed by atoms with van der Waals surface area (Å²) in [6.45, 7) is 0.797. The fourth-order valence-electron chi connectivity index (χ4n) is 5.27. The van der Waals surface area contributed by atoms with Gasteiger partial charge in [-0.15, -0.1) is 0 Å². The number of hydrogen-bond acceptors (Lipinski definition) is 6. The minimum Gasteiger partial charge on any atom is -0.293 e. The number of benzene rings is 1. The van der Waals surface area contributed by atoms with Crippen molar-refractivity contribution in [2.75, 3.05) is 19.3 Å². The highest BCUT2D eigenvalue weighted by Gasteiger charge is 2.29. The Morgan fingerprint density at radius 3 is 2.32 bits per heavy atom. The minimum atomic E-state index is -3.25. The fourth-order valence-corrected chi connectivity index (χ4v) is 6.14. The molecular formula is C26H27N7O3S. The van der Waals surface area contributed by atoms with Crippen LogP contribution in [0.3, 0.4) is 0 Å². The number of nitrogens with zero attached hydrogens (tertiary/aromatic N) is 7. The maximum absolute atomic E-state index is 13.4. The third-order valence-electron chi connectivity index (χ3n) is 7.27. The van der Waals surface area contributed by atoms with E-state index in [-0.39, 0.29) is 11.7 Å². The van der Waals surface area contributed by atoms with Crippen molar-refractivity contribution in [1.29, 1.82) is 0 Å². The molecule has 37 heavy (non-hydrogen) atoms. The molecule has 6 rings (SSSR count). The number of hydrogen-bond donors (Lipinski definition) is 0. The van der Waals surface area contributed by atoms with Gasteiger partial charge in [-0.2, -0.15) is 5.10 Å². The number of piperidine rings is 1. The van der Waals surface area contributed by atoms with Crippen molar-refractivity contribution < 1.29 is 8.42 Å². The molecule has 11 heteroatoms. The van der Waals surface area contributed by atoms with E-state index < -0.39 is 10.0 Å². The topological polar surface area (TPSA) is 108 Å². The van der Waals surface area contributed by atoms with E-state index in [0.29, 0.717) is 25.9 Å². The first-order valence-electron chi connectivity index (χ1n) is 12.1. The average molecular weight is 518 g/mol. The molecule has 1 aliphatic heterocycles. The fraction of sp³-hybridized carbons (Fsp3) is 0.308. The van der Waals surface area contributed by atoms with E-state index in [2.05, 4.69) is 21.1 Å². The summed E-state index contributed by atoms with van der Waals surface area (Å²) in [5.74, 6) is 0. The highest BCUT2D eigenvalue weighted by atomic mass is 32.2. The molecule has 0 aliphatic carbocycles. The number of aromatic nitrogens is 6. The van der Waals surface area contributed by atoms with Crippen molar-refractivity contribution in [1.82, 2.24) is 33.2 Å². The highest BCUT2D eigenvalue weighted by Crippen LogP contribution is 2.32. The smallest absolute Gasteiger partial charge is 0.293 e. The first-order chi connectivity index (χ1) is 17.7. The van der Waals surface area contributed by atoms with Crippen LogP contribution < -0.4 is 5.69 Å². The highest BCUT2D eigenvalue weighted by molar-refractivity contribution is 7.88. The van der Waals surface area contributed by atoms with Crippen molar-refractivity contribution in [3.63, 3.8) is 0 Å². The van der Waals surface area contributed by atoms with Crippen molar-refractivity contribution in [2.45, 2.75) is 18.9 Å². The van der Waals surface area contributed by atoms with Gasteiger partial charge in [0.15, 0.2) is 0 Å². The molecule has 0 atom stereocenters. The molecule has 5 heterocycles. The Morgan fingerprint density at radius 1 is 0.919 bits per heavy atom. The van der Waals surface area contributed by atoms with Gasteiger partial charge in [0, 0.05) is 62.1 Å². The molecule has 1 aliphatic rings. The number of rotatable bonds is 4. The predicted octanol–water partition coefficient (Wildman–Crippen LogP) is 2.95. The quantitative estimate of drug-likeness (QED) is 0.363. The van der Waals surface area contributed by atoms with E-state index in [4.69, 9.17) is 0 Å². The zero-order chi connectivity index (χ0) is 25.9. The lowest BCUT2D eigenvalue weighted by Gasteiger charge is -2.30. The molecule has 0 radical (unpaired) electrons. The summed E-state index contributed by atoms with van der Waals surface area (Å²) in [4.78, 5) is 22.6. The first-order valence-corrected chi connectivity index (χ1v) is 14.0. The van der Waals surface area contributed by atoms with Gasteiger partial charge < -0.3 is 0 Å². The van der Waals surface area contributed by atoms with Crippen LogP contribution in [0.5, 0.6) is 0 Å². The summed E-state index contributed by atoms with van der Waals surface area (Å²) in [7, 11) is 0.381. The van der Waals surface area contributed by atoms with E-state index >= 15 is 0 Å². The van der Waals surface area contributed by atoms with Crippen LogP contribution in [0, 0.1) is 0 Å². The Bertz CT molecular complexity index is 1810. The van der Waals surface area contributed by atoms with Crippen LogP contribution in [0.15, 0.2) is 59.9 Å². The largest absolute Gasteiger partial charge is 0.329 e. The Kier molecular flexibility index (Phi) is 5.50. The van der Waals surface area contributed by atoms with E-state index in [1.54, 1.807) is 28.7 Å². The minimum absolute atomic E-state index is 0.0936. The molecule has 0 spiro atoms. The van der Waals surface area contributed by atoms with Crippen LogP contribution in [-0.2, 0) is 24.1 Å². The Morgan fingerprint density at radius 2 is 1.68 bits per heavy atom. The number of pyridine rings is 2. The van der Waals surface area contributed by atoms with Gasteiger partial charge in [-0.05, 0) is 36.6 Å². The second kappa shape index (κ2) is 8.63. The van der Waals surface area contributed by atoms with Gasteiger partial charge in [0.05, 0.1) is 40.9 Å². The molecule has 0 N–H and O–H groups in total. The van der Waals surface area contributed by atoms with Crippen LogP contribution in [0.25, 0.3) is 44.3 Å². The molecule has 1 saturated heterocycles. The molecule has 1 fully saturated rings. The van der Waals surface area contributed by atoms with E-state index in [0.717, 1.165) is 44.3 Å². The molecule has 0 unspecified atom stereocenters. The lowest BCUT2D eigenvalue weighted by Crippen LogP contribution is -2.40. The number of imidazole rings is 1. The molecule has 0 bridgehead atoms. The van der Waals surface area contributed by atoms with Crippen LogP contribution in [-0.4, -0.2) is 61.0 Å². The second-order valence-electron chi connectivity index (χ2n) is 9.66. The van der Waals surface area contributed by atoms with Crippen LogP contribution in [0.1, 0.15) is 18.9 Å². The molecule has 0 amide bonds. The normalized spacial score (nSPS) is 15.6. The van der Waals surface area contributed by atoms with Crippen molar-refractivity contribution in [3.05, 3.63) is 65.6 Å². The van der Waals surface area contributed by atoms with Crippen molar-refractivity contribution >= 4 is 32.0 Å². The summed E-state index contributed by atoms with van der Waals surface area (Å²) in [6.07, 6.45) is 9.69. The lowest BCUT2D eigenvalue weighted by atomic mass is 10.0.